The van der Waals surface area contributed by atoms with Gasteiger partial charge in [0.25, 0.3) is 0 Å². The SMILES string of the molecule is [2H]c1cc(CC2(NN)O[C@H](CO)[C@@H](O)[C@H]2O)ccn1. The van der Waals surface area contributed by atoms with Crippen molar-refractivity contribution < 1.29 is 21.4 Å². The van der Waals surface area contributed by atoms with E-state index in [1.54, 1.807) is 6.07 Å². The summed E-state index contributed by atoms with van der Waals surface area (Å²) in [5.74, 6) is 5.43. The van der Waals surface area contributed by atoms with Crippen LogP contribution in [0.1, 0.15) is 6.93 Å². The topological polar surface area (TPSA) is 121 Å². The van der Waals surface area contributed by atoms with Gasteiger partial charge in [0.2, 0.25) is 0 Å². The lowest BCUT2D eigenvalue weighted by Crippen LogP contribution is -2.59. The van der Waals surface area contributed by atoms with Gasteiger partial charge in [0, 0.05) is 18.8 Å². The summed E-state index contributed by atoms with van der Waals surface area (Å²) in [6.07, 6.45) is -1.77. The van der Waals surface area contributed by atoms with Crippen molar-refractivity contribution in [1.82, 2.24) is 10.4 Å². The van der Waals surface area contributed by atoms with E-state index < -0.39 is 30.6 Å². The fourth-order valence-corrected chi connectivity index (χ4v) is 2.11. The van der Waals surface area contributed by atoms with E-state index in [0.717, 1.165) is 0 Å². The number of nitrogens with one attached hydrogen (secondary N) is 1. The maximum atomic E-state index is 10.0. The van der Waals surface area contributed by atoms with Crippen LogP contribution in [0.3, 0.4) is 0 Å². The Labute approximate surface area is 106 Å². The fraction of sp³-hybridized carbons (Fsp3) is 0.545. The van der Waals surface area contributed by atoms with Crippen LogP contribution in [-0.2, 0) is 11.2 Å². The number of ether oxygens (including phenoxy) is 1. The Balaban J connectivity index is 2.24. The fourth-order valence-electron chi connectivity index (χ4n) is 2.11. The molecule has 7 heteroatoms. The molecule has 2 rings (SSSR count). The molecule has 0 bridgehead atoms. The molecule has 100 valence electrons. The summed E-state index contributed by atoms with van der Waals surface area (Å²) in [6, 6.07) is 3.17. The lowest BCUT2D eigenvalue weighted by Gasteiger charge is -2.31. The third-order valence-electron chi connectivity index (χ3n) is 3.12. The Kier molecular flexibility index (Phi) is 3.50. The molecule has 1 aliphatic rings. The molecule has 0 saturated carbocycles. The van der Waals surface area contributed by atoms with Gasteiger partial charge in [0.05, 0.1) is 7.98 Å². The van der Waals surface area contributed by atoms with E-state index in [1.165, 1.54) is 12.3 Å². The van der Waals surface area contributed by atoms with Gasteiger partial charge in [0.1, 0.15) is 18.3 Å². The molecular weight excluding hydrogens is 238 g/mol. The number of aromatic nitrogens is 1. The number of nitrogens with zero attached hydrogens (tertiary/aromatic N) is 1. The Morgan fingerprint density at radius 3 is 2.89 bits per heavy atom. The van der Waals surface area contributed by atoms with Crippen molar-refractivity contribution in [2.75, 3.05) is 6.61 Å². The molecule has 0 amide bonds. The van der Waals surface area contributed by atoms with Gasteiger partial charge in [-0.2, -0.15) is 0 Å². The highest BCUT2D eigenvalue weighted by molar-refractivity contribution is 5.16. The predicted octanol–water partition coefficient (Wildman–Crippen LogP) is -2.10. The van der Waals surface area contributed by atoms with E-state index in [4.69, 9.17) is 17.1 Å². The van der Waals surface area contributed by atoms with Gasteiger partial charge in [0.15, 0.2) is 5.72 Å². The lowest BCUT2D eigenvalue weighted by molar-refractivity contribution is -0.113. The van der Waals surface area contributed by atoms with E-state index in [-0.39, 0.29) is 12.6 Å². The molecule has 0 aromatic carbocycles. The number of pyridine rings is 1. The number of hydrogen-bond donors (Lipinski definition) is 5. The van der Waals surface area contributed by atoms with Gasteiger partial charge in [-0.3, -0.25) is 10.8 Å². The summed E-state index contributed by atoms with van der Waals surface area (Å²) < 4.78 is 12.9. The normalized spacial score (nSPS) is 36.7. The van der Waals surface area contributed by atoms with Crippen LogP contribution in [0.4, 0.5) is 0 Å². The van der Waals surface area contributed by atoms with Gasteiger partial charge in [-0.25, -0.2) is 5.43 Å². The molecule has 0 aliphatic carbocycles. The van der Waals surface area contributed by atoms with Crippen LogP contribution in [0.25, 0.3) is 0 Å². The number of hydrogen-bond acceptors (Lipinski definition) is 7. The second kappa shape index (κ2) is 5.27. The molecule has 1 aliphatic heterocycles. The minimum Gasteiger partial charge on any atom is -0.394 e. The van der Waals surface area contributed by atoms with Crippen LogP contribution in [0.5, 0.6) is 0 Å². The molecule has 0 radical (unpaired) electrons. The Morgan fingerprint density at radius 1 is 1.56 bits per heavy atom. The highest BCUT2D eigenvalue weighted by atomic mass is 16.6. The molecular formula is C11H17N3O4. The van der Waals surface area contributed by atoms with Crippen LogP contribution >= 0.6 is 0 Å². The summed E-state index contributed by atoms with van der Waals surface area (Å²) in [4.78, 5) is 3.75. The van der Waals surface area contributed by atoms with Gasteiger partial charge >= 0.3 is 0 Å². The molecule has 2 heterocycles. The van der Waals surface area contributed by atoms with Crippen LogP contribution < -0.4 is 11.3 Å². The molecule has 1 fully saturated rings. The molecule has 1 saturated heterocycles. The summed E-state index contributed by atoms with van der Waals surface area (Å²) in [5.41, 5.74) is 1.63. The second-order valence-corrected chi connectivity index (χ2v) is 4.28. The molecule has 1 unspecified atom stereocenters. The zero-order chi connectivity index (χ0) is 14.0. The van der Waals surface area contributed by atoms with Gasteiger partial charge in [-0.05, 0) is 17.7 Å². The molecule has 0 spiro atoms. The number of aliphatic hydroxyl groups excluding tert-OH is 3. The van der Waals surface area contributed by atoms with Crippen molar-refractivity contribution in [1.29, 1.82) is 0 Å². The van der Waals surface area contributed by atoms with Crippen molar-refractivity contribution in [2.24, 2.45) is 5.84 Å². The Bertz CT molecular complexity index is 450. The predicted molar refractivity (Wildman–Crippen MR) is 62.0 cm³/mol. The average molecular weight is 256 g/mol. The van der Waals surface area contributed by atoms with Crippen LogP contribution in [-0.4, -0.2) is 50.9 Å². The van der Waals surface area contributed by atoms with Crippen LogP contribution in [0.15, 0.2) is 24.5 Å². The monoisotopic (exact) mass is 256 g/mol. The van der Waals surface area contributed by atoms with Crippen molar-refractivity contribution >= 4 is 0 Å². The van der Waals surface area contributed by atoms with Crippen molar-refractivity contribution in [3.05, 3.63) is 30.1 Å². The summed E-state index contributed by atoms with van der Waals surface area (Å²) in [6.45, 7) is -0.429. The summed E-state index contributed by atoms with van der Waals surface area (Å²) >= 11 is 0. The highest BCUT2D eigenvalue weighted by Gasteiger charge is 2.53. The third kappa shape index (κ3) is 2.24. The maximum absolute atomic E-state index is 10.0. The third-order valence-corrected chi connectivity index (χ3v) is 3.12. The molecule has 4 atom stereocenters. The molecule has 6 N–H and O–H groups in total. The van der Waals surface area contributed by atoms with Crippen LogP contribution in [0, 0.1) is 0 Å². The maximum Gasteiger partial charge on any atom is 0.164 e. The quantitative estimate of drug-likeness (QED) is 0.309. The van der Waals surface area contributed by atoms with Gasteiger partial charge in [-0.15, -0.1) is 0 Å². The van der Waals surface area contributed by atoms with Gasteiger partial charge < -0.3 is 20.1 Å². The van der Waals surface area contributed by atoms with E-state index in [0.29, 0.717) is 5.56 Å². The first kappa shape index (κ1) is 12.0. The first-order valence-corrected chi connectivity index (χ1v) is 5.56. The number of aliphatic hydroxyl groups is 3. The highest BCUT2D eigenvalue weighted by Crippen LogP contribution is 2.31. The average Bonchev–Trinajstić information content (AvgIpc) is 2.64. The summed E-state index contributed by atoms with van der Waals surface area (Å²) in [5, 5.41) is 28.9. The zero-order valence-corrected chi connectivity index (χ0v) is 9.65. The summed E-state index contributed by atoms with van der Waals surface area (Å²) in [7, 11) is 0. The number of rotatable bonds is 4. The smallest absolute Gasteiger partial charge is 0.164 e. The molecule has 7 nitrogen and oxygen atoms in total. The molecule has 1 aromatic rings. The van der Waals surface area contributed by atoms with E-state index in [2.05, 4.69) is 10.4 Å². The van der Waals surface area contributed by atoms with E-state index >= 15 is 0 Å². The van der Waals surface area contributed by atoms with E-state index in [9.17, 15) is 10.2 Å². The van der Waals surface area contributed by atoms with Crippen molar-refractivity contribution in [3.8, 4) is 0 Å². The van der Waals surface area contributed by atoms with Gasteiger partial charge in [-0.1, -0.05) is 0 Å². The minimum atomic E-state index is -1.40. The first-order chi connectivity index (χ1) is 9.02. The van der Waals surface area contributed by atoms with Crippen molar-refractivity contribution in [2.45, 2.75) is 30.5 Å². The van der Waals surface area contributed by atoms with Crippen molar-refractivity contribution in [3.63, 3.8) is 0 Å². The van der Waals surface area contributed by atoms with E-state index in [1.807, 2.05) is 0 Å². The first-order valence-electron chi connectivity index (χ1n) is 6.06. The second-order valence-electron chi connectivity index (χ2n) is 4.28. The minimum absolute atomic E-state index is 0.0800. The Morgan fingerprint density at radius 2 is 2.33 bits per heavy atom. The molecule has 18 heavy (non-hydrogen) atoms. The zero-order valence-electron chi connectivity index (χ0n) is 10.7. The standard InChI is InChI=1S/C11H17N3O4/c12-14-11(5-7-1-3-13-4-2-7)10(17)9(16)8(6-15)18-11/h1-4,8-10,14-17H,5-6,12H2/t8-,9-,10-,11?/m1/s1/i3D. The lowest BCUT2D eigenvalue weighted by atomic mass is 9.96. The van der Waals surface area contributed by atoms with Crippen LogP contribution in [0.2, 0.25) is 0 Å². The Hall–Kier alpha value is -1.09. The molecule has 1 aromatic heterocycles. The number of hydrazine groups is 1. The largest absolute Gasteiger partial charge is 0.394 e. The number of nitrogens with two attached hydrogens (primary N) is 1.